The maximum atomic E-state index is 12.3. The van der Waals surface area contributed by atoms with Crippen LogP contribution in [0.25, 0.3) is 0 Å². The average molecular weight is 239 g/mol. The van der Waals surface area contributed by atoms with Gasteiger partial charge in [-0.15, -0.1) is 0 Å². The van der Waals surface area contributed by atoms with Gasteiger partial charge in [-0.2, -0.15) is 0 Å². The normalized spacial score (nSPS) is 30.6. The second-order valence-corrected chi connectivity index (χ2v) is 5.20. The van der Waals surface area contributed by atoms with Gasteiger partial charge in [0.05, 0.1) is 6.54 Å². The zero-order valence-corrected chi connectivity index (χ0v) is 10.4. The van der Waals surface area contributed by atoms with Crippen molar-refractivity contribution in [3.8, 4) is 0 Å². The molecule has 0 radical (unpaired) electrons. The smallest absolute Gasteiger partial charge is 0.241 e. The molecule has 2 atom stereocenters. The van der Waals surface area contributed by atoms with Crippen LogP contribution in [0.15, 0.2) is 0 Å². The van der Waals surface area contributed by atoms with E-state index in [0.717, 1.165) is 25.7 Å². The standard InChI is InChI=1S/C12H21N3O2/c1-14-5-6-15(8-11(14)16)12(17)9-3-2-4-10(13)7-9/h9-10H,2-8,13H2,1H3/t9-,10-/m0/s1. The quantitative estimate of drug-likeness (QED) is 0.689. The molecule has 0 aromatic carbocycles. The number of carbonyl (C=O) groups is 2. The minimum absolute atomic E-state index is 0.0321. The van der Waals surface area contributed by atoms with Crippen molar-refractivity contribution in [2.24, 2.45) is 11.7 Å². The Balaban J connectivity index is 1.93. The highest BCUT2D eigenvalue weighted by atomic mass is 16.2. The van der Waals surface area contributed by atoms with E-state index in [2.05, 4.69) is 0 Å². The third-order valence-corrected chi connectivity index (χ3v) is 3.83. The lowest BCUT2D eigenvalue weighted by molar-refractivity contribution is -0.147. The fourth-order valence-electron chi connectivity index (χ4n) is 2.66. The van der Waals surface area contributed by atoms with Crippen molar-refractivity contribution in [1.29, 1.82) is 0 Å². The first-order chi connectivity index (χ1) is 8.08. The molecule has 0 bridgehead atoms. The Morgan fingerprint density at radius 1 is 1.35 bits per heavy atom. The summed E-state index contributed by atoms with van der Waals surface area (Å²) < 4.78 is 0. The molecule has 1 saturated heterocycles. The fraction of sp³-hybridized carbons (Fsp3) is 0.833. The first-order valence-corrected chi connectivity index (χ1v) is 6.36. The first kappa shape index (κ1) is 12.4. The van der Waals surface area contributed by atoms with Gasteiger partial charge in [0, 0.05) is 32.1 Å². The van der Waals surface area contributed by atoms with Crippen LogP contribution in [0.5, 0.6) is 0 Å². The molecule has 2 aliphatic rings. The van der Waals surface area contributed by atoms with Crippen LogP contribution in [0.2, 0.25) is 0 Å². The lowest BCUT2D eigenvalue weighted by Gasteiger charge is -2.36. The summed E-state index contributed by atoms with van der Waals surface area (Å²) in [6.45, 7) is 1.54. The molecule has 0 aromatic rings. The number of carbonyl (C=O) groups excluding carboxylic acids is 2. The van der Waals surface area contributed by atoms with E-state index >= 15 is 0 Å². The third-order valence-electron chi connectivity index (χ3n) is 3.83. The van der Waals surface area contributed by atoms with Crippen LogP contribution in [0.3, 0.4) is 0 Å². The van der Waals surface area contributed by atoms with Gasteiger partial charge in [0.1, 0.15) is 0 Å². The topological polar surface area (TPSA) is 66.6 Å². The molecule has 5 nitrogen and oxygen atoms in total. The number of nitrogens with zero attached hydrogens (tertiary/aromatic N) is 2. The predicted octanol–water partition coefficient (Wildman–Crippen LogP) is -0.195. The van der Waals surface area contributed by atoms with E-state index in [1.165, 1.54) is 0 Å². The molecule has 2 rings (SSSR count). The number of likely N-dealkylation sites (N-methyl/N-ethyl adjacent to an activating group) is 1. The second kappa shape index (κ2) is 5.04. The predicted molar refractivity (Wildman–Crippen MR) is 64.2 cm³/mol. The molecule has 1 aliphatic heterocycles. The molecule has 1 heterocycles. The second-order valence-electron chi connectivity index (χ2n) is 5.20. The molecular formula is C12H21N3O2. The summed E-state index contributed by atoms with van der Waals surface area (Å²) in [6, 6.07) is 0.154. The van der Waals surface area contributed by atoms with Gasteiger partial charge in [0.25, 0.3) is 0 Å². The van der Waals surface area contributed by atoms with Crippen LogP contribution >= 0.6 is 0 Å². The fourth-order valence-corrected chi connectivity index (χ4v) is 2.66. The monoisotopic (exact) mass is 239 g/mol. The number of amides is 2. The Hall–Kier alpha value is -1.10. The molecule has 2 fully saturated rings. The molecule has 1 saturated carbocycles. The maximum absolute atomic E-state index is 12.3. The van der Waals surface area contributed by atoms with Crippen molar-refractivity contribution >= 4 is 11.8 Å². The Labute approximate surface area is 102 Å². The number of hydrogen-bond donors (Lipinski definition) is 1. The van der Waals surface area contributed by atoms with E-state index in [0.29, 0.717) is 13.1 Å². The minimum Gasteiger partial charge on any atom is -0.342 e. The lowest BCUT2D eigenvalue weighted by atomic mass is 9.85. The van der Waals surface area contributed by atoms with Crippen LogP contribution < -0.4 is 5.73 Å². The molecule has 1 aliphatic carbocycles. The highest BCUT2D eigenvalue weighted by Crippen LogP contribution is 2.25. The largest absolute Gasteiger partial charge is 0.342 e. The van der Waals surface area contributed by atoms with Gasteiger partial charge >= 0.3 is 0 Å². The van der Waals surface area contributed by atoms with Crippen LogP contribution in [-0.4, -0.2) is 54.3 Å². The summed E-state index contributed by atoms with van der Waals surface area (Å²) in [4.78, 5) is 27.2. The molecule has 2 amide bonds. The van der Waals surface area contributed by atoms with Gasteiger partial charge in [-0.25, -0.2) is 0 Å². The highest BCUT2D eigenvalue weighted by Gasteiger charge is 2.32. The van der Waals surface area contributed by atoms with E-state index in [9.17, 15) is 9.59 Å². The zero-order chi connectivity index (χ0) is 12.4. The van der Waals surface area contributed by atoms with Crippen molar-refractivity contribution in [2.45, 2.75) is 31.7 Å². The lowest BCUT2D eigenvalue weighted by Crippen LogP contribution is -2.52. The van der Waals surface area contributed by atoms with Crippen molar-refractivity contribution in [2.75, 3.05) is 26.7 Å². The Morgan fingerprint density at radius 3 is 2.76 bits per heavy atom. The molecule has 5 heteroatoms. The van der Waals surface area contributed by atoms with Crippen LogP contribution in [0.4, 0.5) is 0 Å². The Bertz CT molecular complexity index is 319. The van der Waals surface area contributed by atoms with Crippen molar-refractivity contribution in [3.63, 3.8) is 0 Å². The summed E-state index contributed by atoms with van der Waals surface area (Å²) in [5.74, 6) is 0.196. The zero-order valence-electron chi connectivity index (χ0n) is 10.4. The van der Waals surface area contributed by atoms with Gasteiger partial charge in [-0.3, -0.25) is 9.59 Å². The minimum atomic E-state index is 0.0321. The van der Waals surface area contributed by atoms with Crippen molar-refractivity contribution in [1.82, 2.24) is 9.80 Å². The molecule has 0 unspecified atom stereocenters. The molecule has 96 valence electrons. The molecule has 17 heavy (non-hydrogen) atoms. The number of rotatable bonds is 1. The number of piperazine rings is 1. The van der Waals surface area contributed by atoms with E-state index in [1.54, 1.807) is 16.8 Å². The van der Waals surface area contributed by atoms with E-state index in [4.69, 9.17) is 5.73 Å². The summed E-state index contributed by atoms with van der Waals surface area (Å²) in [6.07, 6.45) is 3.75. The van der Waals surface area contributed by atoms with Gasteiger partial charge in [-0.1, -0.05) is 6.42 Å². The van der Waals surface area contributed by atoms with Crippen molar-refractivity contribution in [3.05, 3.63) is 0 Å². The summed E-state index contributed by atoms with van der Waals surface area (Å²) in [5.41, 5.74) is 5.90. The number of hydrogen-bond acceptors (Lipinski definition) is 3. The van der Waals surface area contributed by atoms with Crippen LogP contribution in [0, 0.1) is 5.92 Å². The first-order valence-electron chi connectivity index (χ1n) is 6.36. The third kappa shape index (κ3) is 2.77. The van der Waals surface area contributed by atoms with Crippen LogP contribution in [0.1, 0.15) is 25.7 Å². The van der Waals surface area contributed by atoms with E-state index < -0.39 is 0 Å². The van der Waals surface area contributed by atoms with Gasteiger partial charge in [0.15, 0.2) is 0 Å². The molecule has 2 N–H and O–H groups in total. The van der Waals surface area contributed by atoms with Gasteiger partial charge < -0.3 is 15.5 Å². The average Bonchev–Trinajstić information content (AvgIpc) is 2.32. The number of nitrogens with two attached hydrogens (primary N) is 1. The maximum Gasteiger partial charge on any atom is 0.241 e. The highest BCUT2D eigenvalue weighted by molar-refractivity contribution is 5.87. The Kier molecular flexibility index (Phi) is 3.66. The van der Waals surface area contributed by atoms with Gasteiger partial charge in [-0.05, 0) is 19.3 Å². The summed E-state index contributed by atoms with van der Waals surface area (Å²) >= 11 is 0. The Morgan fingerprint density at radius 2 is 2.12 bits per heavy atom. The van der Waals surface area contributed by atoms with E-state index in [-0.39, 0.29) is 30.3 Å². The van der Waals surface area contributed by atoms with Gasteiger partial charge in [0.2, 0.25) is 11.8 Å². The SMILES string of the molecule is CN1CCN(C(=O)[C@H]2CCC[C@H](N)C2)CC1=O. The van der Waals surface area contributed by atoms with Crippen molar-refractivity contribution < 1.29 is 9.59 Å². The van der Waals surface area contributed by atoms with E-state index in [1.807, 2.05) is 0 Å². The molecule has 0 spiro atoms. The van der Waals surface area contributed by atoms with Crippen LogP contribution in [-0.2, 0) is 9.59 Å². The molecular weight excluding hydrogens is 218 g/mol. The molecule has 0 aromatic heterocycles. The summed E-state index contributed by atoms with van der Waals surface area (Å²) in [7, 11) is 1.78. The summed E-state index contributed by atoms with van der Waals surface area (Å²) in [5, 5.41) is 0.